The van der Waals surface area contributed by atoms with Crippen LogP contribution in [-0.2, 0) is 0 Å². The number of oxazole rings is 1. The van der Waals surface area contributed by atoms with Gasteiger partial charge in [-0.25, -0.2) is 4.98 Å². The monoisotopic (exact) mass is 235 g/mol. The Balaban J connectivity index is 2.23. The lowest BCUT2D eigenvalue weighted by molar-refractivity contribution is 0.267. The van der Waals surface area contributed by atoms with E-state index >= 15 is 0 Å². The van der Waals surface area contributed by atoms with Gasteiger partial charge in [-0.05, 0) is 12.1 Å². The third kappa shape index (κ3) is 2.57. The fourth-order valence-electron chi connectivity index (χ4n) is 1.78. The zero-order chi connectivity index (χ0) is 12.4. The summed E-state index contributed by atoms with van der Waals surface area (Å²) in [4.78, 5) is 6.23. The number of rotatable bonds is 4. The van der Waals surface area contributed by atoms with Crippen LogP contribution in [0.15, 0.2) is 22.6 Å². The summed E-state index contributed by atoms with van der Waals surface area (Å²) >= 11 is 0. The lowest BCUT2D eigenvalue weighted by Crippen LogP contribution is -2.37. The van der Waals surface area contributed by atoms with Crippen LogP contribution in [0.5, 0.6) is 0 Å². The maximum absolute atomic E-state index is 8.93. The van der Waals surface area contributed by atoms with E-state index in [4.69, 9.17) is 15.3 Å². The van der Waals surface area contributed by atoms with Crippen LogP contribution < -0.4 is 10.6 Å². The highest BCUT2D eigenvalue weighted by atomic mass is 16.3. The third-order valence-electron chi connectivity index (χ3n) is 2.66. The summed E-state index contributed by atoms with van der Waals surface area (Å²) in [6.07, 6.45) is 0. The standard InChI is InChI=1S/C12H17N3O2/c1-8-14-11-4-3-10(5-12(11)17-8)15(2)6-9(13)7-16/h3-5,9,16H,6-7,13H2,1-2H3. The van der Waals surface area contributed by atoms with Crippen molar-refractivity contribution in [1.82, 2.24) is 4.98 Å². The van der Waals surface area contributed by atoms with E-state index in [1.807, 2.05) is 37.1 Å². The molecule has 1 atom stereocenters. The van der Waals surface area contributed by atoms with Crippen LogP contribution in [0.25, 0.3) is 11.1 Å². The SMILES string of the molecule is Cc1nc2ccc(N(C)CC(N)CO)cc2o1. The van der Waals surface area contributed by atoms with Crippen LogP contribution in [-0.4, -0.2) is 36.3 Å². The van der Waals surface area contributed by atoms with E-state index in [-0.39, 0.29) is 12.6 Å². The first-order valence-corrected chi connectivity index (χ1v) is 5.55. The predicted octanol–water partition coefficient (Wildman–Crippen LogP) is 0.892. The zero-order valence-corrected chi connectivity index (χ0v) is 10.1. The second-order valence-corrected chi connectivity index (χ2v) is 4.21. The first-order chi connectivity index (χ1) is 8.10. The summed E-state index contributed by atoms with van der Waals surface area (Å²) in [5.74, 6) is 0.659. The number of benzene rings is 1. The number of hydrogen-bond acceptors (Lipinski definition) is 5. The van der Waals surface area contributed by atoms with Gasteiger partial charge in [-0.15, -0.1) is 0 Å². The van der Waals surface area contributed by atoms with Crippen LogP contribution >= 0.6 is 0 Å². The molecule has 1 unspecified atom stereocenters. The van der Waals surface area contributed by atoms with E-state index in [9.17, 15) is 0 Å². The Morgan fingerprint density at radius 1 is 1.53 bits per heavy atom. The molecular weight excluding hydrogens is 218 g/mol. The number of nitrogens with two attached hydrogens (primary N) is 1. The van der Waals surface area contributed by atoms with E-state index in [1.165, 1.54) is 0 Å². The fourth-order valence-corrected chi connectivity index (χ4v) is 1.78. The molecule has 17 heavy (non-hydrogen) atoms. The average molecular weight is 235 g/mol. The minimum absolute atomic E-state index is 0.0198. The summed E-state index contributed by atoms with van der Waals surface area (Å²) in [7, 11) is 1.93. The second-order valence-electron chi connectivity index (χ2n) is 4.21. The summed E-state index contributed by atoms with van der Waals surface area (Å²) < 4.78 is 5.47. The molecule has 92 valence electrons. The molecule has 0 bridgehead atoms. The largest absolute Gasteiger partial charge is 0.441 e. The van der Waals surface area contributed by atoms with Crippen molar-refractivity contribution >= 4 is 16.8 Å². The molecule has 1 heterocycles. The first-order valence-electron chi connectivity index (χ1n) is 5.55. The Bertz CT molecular complexity index is 509. The molecule has 0 amide bonds. The second kappa shape index (κ2) is 4.73. The Morgan fingerprint density at radius 3 is 3.00 bits per heavy atom. The maximum Gasteiger partial charge on any atom is 0.192 e. The van der Waals surface area contributed by atoms with E-state index in [0.717, 1.165) is 16.8 Å². The molecule has 0 aliphatic carbocycles. The minimum Gasteiger partial charge on any atom is -0.441 e. The quantitative estimate of drug-likeness (QED) is 0.823. The molecule has 2 rings (SSSR count). The van der Waals surface area contributed by atoms with Crippen molar-refractivity contribution in [3.05, 3.63) is 24.1 Å². The number of aliphatic hydroxyl groups is 1. The van der Waals surface area contributed by atoms with E-state index < -0.39 is 0 Å². The van der Waals surface area contributed by atoms with Gasteiger partial charge in [0.05, 0.1) is 6.61 Å². The lowest BCUT2D eigenvalue weighted by atomic mass is 10.2. The van der Waals surface area contributed by atoms with Gasteiger partial charge in [-0.1, -0.05) is 0 Å². The molecule has 0 radical (unpaired) electrons. The fraction of sp³-hybridized carbons (Fsp3) is 0.417. The third-order valence-corrected chi connectivity index (χ3v) is 2.66. The van der Waals surface area contributed by atoms with Gasteiger partial charge in [-0.2, -0.15) is 0 Å². The van der Waals surface area contributed by atoms with Crippen LogP contribution in [0.3, 0.4) is 0 Å². The summed E-state index contributed by atoms with van der Waals surface area (Å²) in [5.41, 5.74) is 8.32. The molecule has 1 aromatic heterocycles. The van der Waals surface area contributed by atoms with Crippen molar-refractivity contribution in [3.8, 4) is 0 Å². The molecule has 3 N–H and O–H groups in total. The molecule has 0 fully saturated rings. The summed E-state index contributed by atoms with van der Waals surface area (Å²) in [6, 6.07) is 5.57. The van der Waals surface area contributed by atoms with Gasteiger partial charge < -0.3 is 20.2 Å². The number of aromatic nitrogens is 1. The number of nitrogens with zero attached hydrogens (tertiary/aromatic N) is 2. The van der Waals surface area contributed by atoms with Gasteiger partial charge in [0, 0.05) is 38.3 Å². The Kier molecular flexibility index (Phi) is 3.31. The average Bonchev–Trinajstić information content (AvgIpc) is 2.67. The normalized spacial score (nSPS) is 12.9. The Hall–Kier alpha value is -1.59. The Labute approximate surface area is 99.8 Å². The topological polar surface area (TPSA) is 75.5 Å². The summed E-state index contributed by atoms with van der Waals surface area (Å²) in [6.45, 7) is 2.40. The van der Waals surface area contributed by atoms with E-state index in [0.29, 0.717) is 12.4 Å². The lowest BCUT2D eigenvalue weighted by Gasteiger charge is -2.22. The van der Waals surface area contributed by atoms with Crippen molar-refractivity contribution in [2.75, 3.05) is 25.1 Å². The van der Waals surface area contributed by atoms with Gasteiger partial charge >= 0.3 is 0 Å². The van der Waals surface area contributed by atoms with Crippen molar-refractivity contribution in [1.29, 1.82) is 0 Å². The van der Waals surface area contributed by atoms with Gasteiger partial charge in [-0.3, -0.25) is 0 Å². The molecule has 0 aliphatic heterocycles. The van der Waals surface area contributed by atoms with Gasteiger partial charge in [0.1, 0.15) is 5.52 Å². The molecule has 5 nitrogen and oxygen atoms in total. The van der Waals surface area contributed by atoms with Gasteiger partial charge in [0.2, 0.25) is 0 Å². The maximum atomic E-state index is 8.93. The molecule has 0 aliphatic rings. The van der Waals surface area contributed by atoms with Crippen LogP contribution in [0, 0.1) is 6.92 Å². The number of anilines is 1. The molecule has 2 aromatic rings. The molecule has 0 spiro atoms. The minimum atomic E-state index is -0.243. The van der Waals surface area contributed by atoms with Crippen molar-refractivity contribution in [2.24, 2.45) is 5.73 Å². The highest BCUT2D eigenvalue weighted by Crippen LogP contribution is 2.21. The van der Waals surface area contributed by atoms with Crippen molar-refractivity contribution < 1.29 is 9.52 Å². The number of fused-ring (bicyclic) bond motifs is 1. The molecule has 0 saturated heterocycles. The molecule has 1 aromatic carbocycles. The van der Waals surface area contributed by atoms with Crippen LogP contribution in [0.2, 0.25) is 0 Å². The molecular formula is C12H17N3O2. The van der Waals surface area contributed by atoms with Crippen LogP contribution in [0.1, 0.15) is 5.89 Å². The molecule has 5 heteroatoms. The number of aliphatic hydroxyl groups excluding tert-OH is 1. The number of hydrogen-bond donors (Lipinski definition) is 2. The van der Waals surface area contributed by atoms with Gasteiger partial charge in [0.25, 0.3) is 0 Å². The van der Waals surface area contributed by atoms with Crippen molar-refractivity contribution in [3.63, 3.8) is 0 Å². The van der Waals surface area contributed by atoms with E-state index in [1.54, 1.807) is 0 Å². The highest BCUT2D eigenvalue weighted by molar-refractivity contribution is 5.77. The van der Waals surface area contributed by atoms with Crippen LogP contribution in [0.4, 0.5) is 5.69 Å². The zero-order valence-electron chi connectivity index (χ0n) is 10.1. The predicted molar refractivity (Wildman–Crippen MR) is 67.1 cm³/mol. The van der Waals surface area contributed by atoms with E-state index in [2.05, 4.69) is 4.98 Å². The first kappa shape index (κ1) is 11.9. The smallest absolute Gasteiger partial charge is 0.192 e. The van der Waals surface area contributed by atoms with Gasteiger partial charge in [0.15, 0.2) is 11.5 Å². The number of likely N-dealkylation sites (N-methyl/N-ethyl adjacent to an activating group) is 1. The van der Waals surface area contributed by atoms with Crippen molar-refractivity contribution in [2.45, 2.75) is 13.0 Å². The number of aryl methyl sites for hydroxylation is 1. The summed E-state index contributed by atoms with van der Waals surface area (Å²) in [5, 5.41) is 8.93. The Morgan fingerprint density at radius 2 is 2.29 bits per heavy atom. The highest BCUT2D eigenvalue weighted by Gasteiger charge is 2.09. The molecule has 0 saturated carbocycles.